The van der Waals surface area contributed by atoms with Crippen LogP contribution in [0.3, 0.4) is 0 Å². The van der Waals surface area contributed by atoms with Crippen LogP contribution in [0.1, 0.15) is 16.3 Å². The van der Waals surface area contributed by atoms with Crippen LogP contribution in [0.5, 0.6) is 0 Å². The van der Waals surface area contributed by atoms with E-state index in [4.69, 9.17) is 13.6 Å². The van der Waals surface area contributed by atoms with Crippen LogP contribution in [0.2, 0.25) is 0 Å². The largest absolute Gasteiger partial charge is 0.465 e. The van der Waals surface area contributed by atoms with Gasteiger partial charge in [0.2, 0.25) is 0 Å². The highest BCUT2D eigenvalue weighted by molar-refractivity contribution is 9.10. The molecule has 3 heterocycles. The van der Waals surface area contributed by atoms with Crippen LogP contribution in [0, 0.1) is 0 Å². The van der Waals surface area contributed by atoms with Crippen molar-refractivity contribution in [3.63, 3.8) is 0 Å². The van der Waals surface area contributed by atoms with Crippen LogP contribution in [0.4, 0.5) is 0 Å². The molecule has 3 rings (SSSR count). The van der Waals surface area contributed by atoms with Gasteiger partial charge in [0, 0.05) is 19.2 Å². The average molecular weight is 395 g/mol. The van der Waals surface area contributed by atoms with E-state index in [0.717, 1.165) is 0 Å². The summed E-state index contributed by atoms with van der Waals surface area (Å²) in [6, 6.07) is 6.52. The van der Waals surface area contributed by atoms with Gasteiger partial charge in [0.25, 0.3) is 11.8 Å². The van der Waals surface area contributed by atoms with Gasteiger partial charge in [-0.15, -0.1) is 0 Å². The molecule has 1 fully saturated rings. The molecule has 0 aromatic carbocycles. The van der Waals surface area contributed by atoms with E-state index in [9.17, 15) is 9.59 Å². The minimum atomic E-state index is -0.514. The number of hydrogen-bond acceptors (Lipinski definition) is 5. The van der Waals surface area contributed by atoms with E-state index in [1.165, 1.54) is 18.4 Å². The van der Waals surface area contributed by atoms with Gasteiger partial charge in [-0.3, -0.25) is 9.59 Å². The van der Waals surface area contributed by atoms with Gasteiger partial charge in [0.05, 0.1) is 19.5 Å². The molecule has 1 aliphatic rings. The fourth-order valence-electron chi connectivity index (χ4n) is 2.22. The quantitative estimate of drug-likeness (QED) is 0.803. The molecule has 1 saturated heterocycles. The Balaban J connectivity index is 1.82. The van der Waals surface area contributed by atoms with E-state index in [2.05, 4.69) is 21.2 Å². The first kappa shape index (κ1) is 16.5. The summed E-state index contributed by atoms with van der Waals surface area (Å²) in [6.45, 7) is 1.88. The van der Waals surface area contributed by atoms with Crippen molar-refractivity contribution >= 4 is 33.8 Å². The fraction of sp³-hybridized carbons (Fsp3) is 0.250. The van der Waals surface area contributed by atoms with Gasteiger partial charge in [0.15, 0.2) is 10.4 Å². The molecule has 8 heteroatoms. The molecule has 0 atom stereocenters. The molecule has 0 unspecified atom stereocenters. The smallest absolute Gasteiger partial charge is 0.291 e. The van der Waals surface area contributed by atoms with Crippen LogP contribution in [0.25, 0.3) is 6.08 Å². The maximum atomic E-state index is 12.7. The third-order valence-electron chi connectivity index (χ3n) is 3.40. The first-order valence-corrected chi connectivity index (χ1v) is 8.12. The van der Waals surface area contributed by atoms with Gasteiger partial charge in [-0.05, 0) is 40.2 Å². The number of halogens is 1. The maximum Gasteiger partial charge on any atom is 0.291 e. The summed E-state index contributed by atoms with van der Waals surface area (Å²) in [7, 11) is 0. The Morgan fingerprint density at radius 2 is 2.00 bits per heavy atom. The minimum Gasteiger partial charge on any atom is -0.465 e. The van der Waals surface area contributed by atoms with Gasteiger partial charge < -0.3 is 23.8 Å². The van der Waals surface area contributed by atoms with Gasteiger partial charge >= 0.3 is 0 Å². The van der Waals surface area contributed by atoms with Crippen molar-refractivity contribution in [1.29, 1.82) is 0 Å². The lowest BCUT2D eigenvalue weighted by Crippen LogP contribution is -2.44. The number of hydrogen-bond donors (Lipinski definition) is 1. The SMILES string of the molecule is O=C(N/C(=C/c1ccco1)C(=O)N1CCOCC1)c1ccc(Br)o1. The van der Waals surface area contributed by atoms with Crippen molar-refractivity contribution in [2.24, 2.45) is 0 Å². The standard InChI is InChI=1S/C16H15BrN2O5/c17-14-4-3-13(24-14)15(20)18-12(10-11-2-1-7-23-11)16(21)19-5-8-22-9-6-19/h1-4,7,10H,5-6,8-9H2,(H,18,20)/b12-10+. The van der Waals surface area contributed by atoms with E-state index in [-0.39, 0.29) is 17.4 Å². The van der Waals surface area contributed by atoms with Crippen LogP contribution in [-0.4, -0.2) is 43.0 Å². The van der Waals surface area contributed by atoms with E-state index in [1.807, 2.05) is 0 Å². The summed E-state index contributed by atoms with van der Waals surface area (Å²) in [5, 5.41) is 2.60. The third kappa shape index (κ3) is 3.95. The molecule has 2 amide bonds. The molecule has 2 aromatic rings. The predicted molar refractivity (Wildman–Crippen MR) is 88.0 cm³/mol. The molecule has 24 heavy (non-hydrogen) atoms. The summed E-state index contributed by atoms with van der Waals surface area (Å²) in [5.74, 6) is -0.247. The highest BCUT2D eigenvalue weighted by atomic mass is 79.9. The number of rotatable bonds is 4. The molecular formula is C16H15BrN2O5. The lowest BCUT2D eigenvalue weighted by Gasteiger charge is -2.27. The maximum absolute atomic E-state index is 12.7. The number of ether oxygens (including phenoxy) is 1. The molecule has 0 saturated carbocycles. The fourth-order valence-corrected chi connectivity index (χ4v) is 2.53. The highest BCUT2D eigenvalue weighted by Crippen LogP contribution is 2.15. The molecule has 126 valence electrons. The van der Waals surface area contributed by atoms with Gasteiger partial charge in [-0.2, -0.15) is 0 Å². The molecule has 1 aliphatic heterocycles. The normalized spacial score (nSPS) is 15.4. The molecule has 0 radical (unpaired) electrons. The molecule has 0 spiro atoms. The second-order valence-electron chi connectivity index (χ2n) is 5.04. The van der Waals surface area contributed by atoms with Crippen LogP contribution in [0.15, 0.2) is 49.7 Å². The van der Waals surface area contributed by atoms with Crippen LogP contribution >= 0.6 is 15.9 Å². The van der Waals surface area contributed by atoms with Gasteiger partial charge in [-0.25, -0.2) is 0 Å². The van der Waals surface area contributed by atoms with Crippen molar-refractivity contribution < 1.29 is 23.2 Å². The summed E-state index contributed by atoms with van der Waals surface area (Å²) < 4.78 is 16.1. The Labute approximate surface area is 146 Å². The molecule has 0 aliphatic carbocycles. The summed E-state index contributed by atoms with van der Waals surface area (Å²) in [5.41, 5.74) is 0.115. The number of morpholine rings is 1. The van der Waals surface area contributed by atoms with E-state index < -0.39 is 5.91 Å². The van der Waals surface area contributed by atoms with Gasteiger partial charge in [-0.1, -0.05) is 0 Å². The zero-order valence-corrected chi connectivity index (χ0v) is 14.2. The number of carbonyl (C=O) groups is 2. The molecule has 1 N–H and O–H groups in total. The molecule has 7 nitrogen and oxygen atoms in total. The zero-order valence-electron chi connectivity index (χ0n) is 12.7. The Morgan fingerprint density at radius 3 is 2.62 bits per heavy atom. The molecule has 0 bridgehead atoms. The minimum absolute atomic E-state index is 0.0991. The molecule has 2 aromatic heterocycles. The lowest BCUT2D eigenvalue weighted by molar-refractivity contribution is -0.131. The van der Waals surface area contributed by atoms with Crippen molar-refractivity contribution in [3.05, 3.63) is 52.4 Å². The van der Waals surface area contributed by atoms with Crippen molar-refractivity contribution in [2.75, 3.05) is 26.3 Å². The average Bonchev–Trinajstić information content (AvgIpc) is 3.26. The predicted octanol–water partition coefficient (Wildman–Crippen LogP) is 2.26. The lowest BCUT2D eigenvalue weighted by atomic mass is 10.2. The first-order valence-electron chi connectivity index (χ1n) is 7.32. The summed E-state index contributed by atoms with van der Waals surface area (Å²) in [6.07, 6.45) is 2.99. The Morgan fingerprint density at radius 1 is 1.21 bits per heavy atom. The van der Waals surface area contributed by atoms with Crippen molar-refractivity contribution in [3.8, 4) is 0 Å². The van der Waals surface area contributed by atoms with Crippen LogP contribution < -0.4 is 5.32 Å². The summed E-state index contributed by atoms with van der Waals surface area (Å²) >= 11 is 3.14. The third-order valence-corrected chi connectivity index (χ3v) is 3.83. The second-order valence-corrected chi connectivity index (χ2v) is 5.82. The zero-order chi connectivity index (χ0) is 16.9. The van der Waals surface area contributed by atoms with Crippen molar-refractivity contribution in [2.45, 2.75) is 0 Å². The van der Waals surface area contributed by atoms with Crippen molar-refractivity contribution in [1.82, 2.24) is 10.2 Å². The Hall–Kier alpha value is -2.32. The number of carbonyl (C=O) groups excluding carboxylic acids is 2. The highest BCUT2D eigenvalue weighted by Gasteiger charge is 2.23. The second kappa shape index (κ2) is 7.50. The number of amides is 2. The molecular weight excluding hydrogens is 380 g/mol. The Bertz CT molecular complexity index is 744. The number of nitrogens with one attached hydrogen (secondary N) is 1. The number of furan rings is 2. The monoisotopic (exact) mass is 394 g/mol. The summed E-state index contributed by atoms with van der Waals surface area (Å²) in [4.78, 5) is 26.6. The van der Waals surface area contributed by atoms with Crippen LogP contribution in [-0.2, 0) is 9.53 Å². The van der Waals surface area contributed by atoms with E-state index in [1.54, 1.807) is 23.1 Å². The Kier molecular flexibility index (Phi) is 5.17. The van der Waals surface area contributed by atoms with Gasteiger partial charge in [0.1, 0.15) is 11.5 Å². The van der Waals surface area contributed by atoms with E-state index in [0.29, 0.717) is 36.7 Å². The van der Waals surface area contributed by atoms with E-state index >= 15 is 0 Å². The topological polar surface area (TPSA) is 84.9 Å². The number of nitrogens with zero attached hydrogens (tertiary/aromatic N) is 1. The first-order chi connectivity index (χ1) is 11.6.